The van der Waals surface area contributed by atoms with E-state index in [2.05, 4.69) is 15.5 Å². The Morgan fingerprint density at radius 2 is 1.88 bits per heavy atom. The summed E-state index contributed by atoms with van der Waals surface area (Å²) in [5, 5.41) is 12.6. The van der Waals surface area contributed by atoms with Gasteiger partial charge in [-0.1, -0.05) is 29.3 Å². The van der Waals surface area contributed by atoms with Gasteiger partial charge in [-0.15, -0.1) is 0 Å². The first-order valence-corrected chi connectivity index (χ1v) is 9.07. The lowest BCUT2D eigenvalue weighted by molar-refractivity contribution is 0.576. The Bertz CT molecular complexity index is 974. The van der Waals surface area contributed by atoms with Crippen molar-refractivity contribution in [2.45, 2.75) is 19.4 Å². The summed E-state index contributed by atoms with van der Waals surface area (Å²) >= 11 is 12.2. The van der Waals surface area contributed by atoms with Crippen molar-refractivity contribution in [3.8, 4) is 11.3 Å². The minimum Gasteiger partial charge on any atom is -0.312 e. The zero-order valence-electron chi connectivity index (χ0n) is 14.1. The average molecular weight is 388 g/mol. The SMILES string of the molecule is Cc1ccc(-c2cc3c(cc2F)C(c2ccc(Cl)c(Cl)c2)CNC3)nn1. The normalized spacial score (nSPS) is 16.4. The van der Waals surface area contributed by atoms with Crippen LogP contribution in [0.4, 0.5) is 4.39 Å². The van der Waals surface area contributed by atoms with Crippen molar-refractivity contribution in [2.75, 3.05) is 6.54 Å². The summed E-state index contributed by atoms with van der Waals surface area (Å²) in [7, 11) is 0. The maximum absolute atomic E-state index is 14.9. The summed E-state index contributed by atoms with van der Waals surface area (Å²) in [5.41, 5.74) is 4.82. The van der Waals surface area contributed by atoms with Gasteiger partial charge in [-0.25, -0.2) is 4.39 Å². The third kappa shape index (κ3) is 3.20. The quantitative estimate of drug-likeness (QED) is 0.661. The van der Waals surface area contributed by atoms with Gasteiger partial charge in [-0.3, -0.25) is 0 Å². The van der Waals surface area contributed by atoms with Gasteiger partial charge in [0.1, 0.15) is 5.82 Å². The maximum Gasteiger partial charge on any atom is 0.132 e. The summed E-state index contributed by atoms with van der Waals surface area (Å²) in [6.07, 6.45) is 0. The lowest BCUT2D eigenvalue weighted by Crippen LogP contribution is -2.29. The molecule has 2 aromatic carbocycles. The van der Waals surface area contributed by atoms with E-state index in [0.717, 1.165) is 22.4 Å². The number of nitrogens with one attached hydrogen (secondary N) is 1. The van der Waals surface area contributed by atoms with Gasteiger partial charge < -0.3 is 5.32 Å². The highest BCUT2D eigenvalue weighted by atomic mass is 35.5. The van der Waals surface area contributed by atoms with E-state index in [4.69, 9.17) is 23.2 Å². The maximum atomic E-state index is 14.9. The third-order valence-electron chi connectivity index (χ3n) is 4.69. The second-order valence-electron chi connectivity index (χ2n) is 6.45. The molecule has 1 unspecified atom stereocenters. The number of fused-ring (bicyclic) bond motifs is 1. The molecule has 1 aromatic heterocycles. The molecule has 0 radical (unpaired) electrons. The van der Waals surface area contributed by atoms with Gasteiger partial charge in [0, 0.05) is 24.6 Å². The molecule has 26 heavy (non-hydrogen) atoms. The number of rotatable bonds is 2. The molecule has 4 rings (SSSR count). The molecule has 2 heterocycles. The highest BCUT2D eigenvalue weighted by molar-refractivity contribution is 6.42. The van der Waals surface area contributed by atoms with E-state index < -0.39 is 0 Å². The predicted molar refractivity (Wildman–Crippen MR) is 102 cm³/mol. The van der Waals surface area contributed by atoms with Crippen molar-refractivity contribution in [1.82, 2.24) is 15.5 Å². The first kappa shape index (κ1) is 17.4. The second-order valence-corrected chi connectivity index (χ2v) is 7.26. The number of hydrogen-bond donors (Lipinski definition) is 1. The fraction of sp³-hybridized carbons (Fsp3) is 0.200. The Kier molecular flexibility index (Phi) is 4.65. The summed E-state index contributed by atoms with van der Waals surface area (Å²) < 4.78 is 14.9. The molecule has 0 aliphatic carbocycles. The summed E-state index contributed by atoms with van der Waals surface area (Å²) in [5.74, 6) is -0.282. The fourth-order valence-corrected chi connectivity index (χ4v) is 3.64. The Balaban J connectivity index is 1.78. The summed E-state index contributed by atoms with van der Waals surface area (Å²) in [6, 6.07) is 12.7. The first-order valence-electron chi connectivity index (χ1n) is 8.31. The zero-order chi connectivity index (χ0) is 18.3. The Labute approximate surface area is 161 Å². The summed E-state index contributed by atoms with van der Waals surface area (Å²) in [6.45, 7) is 3.25. The molecule has 132 valence electrons. The van der Waals surface area contributed by atoms with Crippen LogP contribution in [0.5, 0.6) is 0 Å². The lowest BCUT2D eigenvalue weighted by atomic mass is 9.84. The van der Waals surface area contributed by atoms with E-state index in [1.54, 1.807) is 18.2 Å². The van der Waals surface area contributed by atoms with Crippen LogP contribution in [0.1, 0.15) is 28.3 Å². The van der Waals surface area contributed by atoms with Gasteiger partial charge in [0.15, 0.2) is 0 Å². The first-order chi connectivity index (χ1) is 12.5. The largest absolute Gasteiger partial charge is 0.312 e. The van der Waals surface area contributed by atoms with Crippen molar-refractivity contribution in [1.29, 1.82) is 0 Å². The molecule has 1 N–H and O–H groups in total. The van der Waals surface area contributed by atoms with Gasteiger partial charge in [0.25, 0.3) is 0 Å². The van der Waals surface area contributed by atoms with Gasteiger partial charge in [-0.05, 0) is 60.0 Å². The van der Waals surface area contributed by atoms with Crippen molar-refractivity contribution in [2.24, 2.45) is 0 Å². The van der Waals surface area contributed by atoms with Crippen molar-refractivity contribution < 1.29 is 4.39 Å². The van der Waals surface area contributed by atoms with E-state index in [9.17, 15) is 4.39 Å². The highest BCUT2D eigenvalue weighted by Gasteiger charge is 2.24. The fourth-order valence-electron chi connectivity index (χ4n) is 3.34. The Morgan fingerprint density at radius 3 is 2.62 bits per heavy atom. The van der Waals surface area contributed by atoms with Crippen molar-refractivity contribution >= 4 is 23.2 Å². The average Bonchev–Trinajstić information content (AvgIpc) is 2.64. The topological polar surface area (TPSA) is 37.8 Å². The zero-order valence-corrected chi connectivity index (χ0v) is 15.6. The molecule has 0 saturated carbocycles. The van der Waals surface area contributed by atoms with Gasteiger partial charge >= 0.3 is 0 Å². The van der Waals surface area contributed by atoms with Crippen molar-refractivity contribution in [3.05, 3.63) is 80.7 Å². The molecule has 3 aromatic rings. The van der Waals surface area contributed by atoms with Crippen LogP contribution in [-0.4, -0.2) is 16.7 Å². The molecule has 0 spiro atoms. The Morgan fingerprint density at radius 1 is 1.04 bits per heavy atom. The van der Waals surface area contributed by atoms with E-state index in [1.807, 2.05) is 31.2 Å². The smallest absolute Gasteiger partial charge is 0.132 e. The standard InChI is InChI=1S/C20H16Cl2FN3/c1-11-2-5-20(26-25-11)15-6-13-9-24-10-16(14(13)8-19(15)23)12-3-4-17(21)18(22)7-12/h2-8,16,24H,9-10H2,1H3. The van der Waals surface area contributed by atoms with Crippen LogP contribution in [0.25, 0.3) is 11.3 Å². The third-order valence-corrected chi connectivity index (χ3v) is 5.43. The molecule has 0 bridgehead atoms. The van der Waals surface area contributed by atoms with Crippen LogP contribution in [0, 0.1) is 12.7 Å². The van der Waals surface area contributed by atoms with Crippen LogP contribution in [0.15, 0.2) is 42.5 Å². The highest BCUT2D eigenvalue weighted by Crippen LogP contribution is 2.36. The molecular formula is C20H16Cl2FN3. The van der Waals surface area contributed by atoms with Crippen LogP contribution >= 0.6 is 23.2 Å². The van der Waals surface area contributed by atoms with Crippen molar-refractivity contribution in [3.63, 3.8) is 0 Å². The molecule has 0 amide bonds. The van der Waals surface area contributed by atoms with Gasteiger partial charge in [0.2, 0.25) is 0 Å². The van der Waals surface area contributed by atoms with E-state index in [-0.39, 0.29) is 11.7 Å². The van der Waals surface area contributed by atoms with Crippen LogP contribution < -0.4 is 5.32 Å². The molecule has 3 nitrogen and oxygen atoms in total. The number of aromatic nitrogens is 2. The van der Waals surface area contributed by atoms with E-state index >= 15 is 0 Å². The van der Waals surface area contributed by atoms with Crippen LogP contribution in [0.2, 0.25) is 10.0 Å². The number of benzene rings is 2. The monoisotopic (exact) mass is 387 g/mol. The molecule has 6 heteroatoms. The Hall–Kier alpha value is -2.01. The number of halogens is 3. The molecule has 1 aliphatic rings. The number of aryl methyl sites for hydroxylation is 1. The lowest BCUT2D eigenvalue weighted by Gasteiger charge is -2.28. The molecule has 0 saturated heterocycles. The van der Waals surface area contributed by atoms with Gasteiger partial charge in [-0.2, -0.15) is 10.2 Å². The second kappa shape index (κ2) is 6.95. The predicted octanol–water partition coefficient (Wildman–Crippen LogP) is 5.13. The number of nitrogens with zero attached hydrogens (tertiary/aromatic N) is 2. The molecular weight excluding hydrogens is 372 g/mol. The van der Waals surface area contributed by atoms with Gasteiger partial charge in [0.05, 0.1) is 21.4 Å². The summed E-state index contributed by atoms with van der Waals surface area (Å²) in [4.78, 5) is 0. The minimum absolute atomic E-state index is 0.0150. The molecule has 0 fully saturated rings. The number of hydrogen-bond acceptors (Lipinski definition) is 3. The molecule has 1 aliphatic heterocycles. The van der Waals surface area contributed by atoms with E-state index in [0.29, 0.717) is 34.4 Å². The minimum atomic E-state index is -0.297. The van der Waals surface area contributed by atoms with E-state index in [1.165, 1.54) is 0 Å². The van der Waals surface area contributed by atoms with Crippen LogP contribution in [0.3, 0.4) is 0 Å². The van der Waals surface area contributed by atoms with Crippen LogP contribution in [-0.2, 0) is 6.54 Å². The molecule has 1 atom stereocenters.